The summed E-state index contributed by atoms with van der Waals surface area (Å²) in [5.74, 6) is -2.97. The van der Waals surface area contributed by atoms with Crippen molar-refractivity contribution in [2.75, 3.05) is 25.6 Å². The molecule has 0 spiro atoms. The maximum Gasteiger partial charge on any atom is 0.471 e. The van der Waals surface area contributed by atoms with E-state index in [9.17, 15) is 22.8 Å². The lowest BCUT2D eigenvalue weighted by molar-refractivity contribution is -0.175. The lowest BCUT2D eigenvalue weighted by Crippen LogP contribution is -2.49. The van der Waals surface area contributed by atoms with Gasteiger partial charge in [-0.1, -0.05) is 11.6 Å². The van der Waals surface area contributed by atoms with Gasteiger partial charge in [0.25, 0.3) is 0 Å². The Labute approximate surface area is 162 Å². The van der Waals surface area contributed by atoms with Crippen LogP contribution in [0.2, 0.25) is 0 Å². The first kappa shape index (κ1) is 22.1. The van der Waals surface area contributed by atoms with Gasteiger partial charge in [-0.2, -0.15) is 13.2 Å². The molecule has 0 radical (unpaired) electrons. The van der Waals surface area contributed by atoms with E-state index in [-0.39, 0.29) is 18.8 Å². The molecule has 2 aromatic rings. The summed E-state index contributed by atoms with van der Waals surface area (Å²) >= 11 is 0. The van der Waals surface area contributed by atoms with Crippen molar-refractivity contribution in [2.45, 2.75) is 25.7 Å². The Morgan fingerprint density at radius 3 is 2.69 bits per heavy atom. The van der Waals surface area contributed by atoms with Crippen molar-refractivity contribution in [2.24, 2.45) is 0 Å². The Bertz CT molecular complexity index is 912. The molecule has 0 aliphatic rings. The van der Waals surface area contributed by atoms with Crippen molar-refractivity contribution in [3.05, 3.63) is 24.3 Å². The number of aromatic nitrogens is 4. The van der Waals surface area contributed by atoms with Gasteiger partial charge in [0.2, 0.25) is 0 Å². The average Bonchev–Trinajstić information content (AvgIpc) is 3.09. The number of amides is 1. The quantitative estimate of drug-likeness (QED) is 0.416. The number of hydrogen-bond acceptors (Lipinski definition) is 8. The van der Waals surface area contributed by atoms with Crippen LogP contribution in [0.25, 0.3) is 11.2 Å². The van der Waals surface area contributed by atoms with Crippen LogP contribution in [0, 0.1) is 0 Å². The van der Waals surface area contributed by atoms with Gasteiger partial charge in [0.1, 0.15) is 17.9 Å². The van der Waals surface area contributed by atoms with E-state index >= 15 is 0 Å². The van der Waals surface area contributed by atoms with Gasteiger partial charge in [-0.3, -0.25) is 4.79 Å². The summed E-state index contributed by atoms with van der Waals surface area (Å²) in [6.07, 6.45) is -0.935. The van der Waals surface area contributed by atoms with Gasteiger partial charge in [0, 0.05) is 6.54 Å². The van der Waals surface area contributed by atoms with Crippen molar-refractivity contribution in [1.82, 2.24) is 24.8 Å². The lowest BCUT2D eigenvalue weighted by atomic mass is 10.3. The molecule has 158 valence electrons. The summed E-state index contributed by atoms with van der Waals surface area (Å²) in [5, 5.41) is 13.6. The fraction of sp³-hybridized carbons (Fsp3) is 0.438. The molecule has 2 heterocycles. The van der Waals surface area contributed by atoms with Crippen LogP contribution < -0.4 is 10.6 Å². The number of nitrogens with zero attached hydrogens (tertiary/aromatic N) is 4. The second kappa shape index (κ2) is 9.32. The topological polar surface area (TPSA) is 131 Å². The number of carbonyl (C=O) groups excluding carboxylic acids is 2. The molecular weight excluding hydrogens is 397 g/mol. The Morgan fingerprint density at radius 2 is 2.07 bits per heavy atom. The van der Waals surface area contributed by atoms with Gasteiger partial charge in [-0.15, -0.1) is 0 Å². The van der Waals surface area contributed by atoms with Crippen LogP contribution in [0.5, 0.6) is 0 Å². The van der Waals surface area contributed by atoms with Crippen LogP contribution in [0.3, 0.4) is 0 Å². The number of aliphatic hydroxyl groups excluding tert-OH is 1. The van der Waals surface area contributed by atoms with Gasteiger partial charge in [-0.05, 0) is 6.92 Å². The van der Waals surface area contributed by atoms with Crippen LogP contribution in [-0.2, 0) is 20.9 Å². The number of methoxy groups -OCH3 is 1. The molecule has 0 aliphatic carbocycles. The first-order valence-corrected chi connectivity index (χ1v) is 8.29. The number of anilines is 1. The number of imidazole rings is 1. The molecule has 1 amide bonds. The minimum Gasteiger partial charge on any atom is -0.467 e. The molecule has 1 atom stereocenters. The van der Waals surface area contributed by atoms with Gasteiger partial charge in [0.05, 0.1) is 26.6 Å². The number of carbonyl (C=O) groups is 2. The third kappa shape index (κ3) is 5.63. The van der Waals surface area contributed by atoms with E-state index in [1.807, 2.05) is 0 Å². The van der Waals surface area contributed by atoms with Crippen LogP contribution in [0.15, 0.2) is 24.3 Å². The standard InChI is InChI=1S/C16H19F3N6O4/c1-9(6-26)3-4-20-12-11-13(22-7-21-12)25(8-23-11)5-10(14(27)29-2)24-15(28)16(17,18)19/h3,7-8,10,26H,4-6H2,1-2H3,(H,24,28)(H,20,21,22)/b9-3+. The third-order valence-electron chi connectivity index (χ3n) is 3.80. The predicted molar refractivity (Wildman–Crippen MR) is 94.7 cm³/mol. The first-order valence-electron chi connectivity index (χ1n) is 8.29. The first-order chi connectivity index (χ1) is 13.7. The number of hydrogen-bond donors (Lipinski definition) is 3. The summed E-state index contributed by atoms with van der Waals surface area (Å²) in [4.78, 5) is 35.2. The molecule has 10 nitrogen and oxygen atoms in total. The molecule has 0 saturated carbocycles. The highest BCUT2D eigenvalue weighted by Gasteiger charge is 2.41. The second-order valence-corrected chi connectivity index (χ2v) is 5.93. The number of halogens is 3. The Hall–Kier alpha value is -3.22. The van der Waals surface area contributed by atoms with Gasteiger partial charge in [0.15, 0.2) is 11.5 Å². The second-order valence-electron chi connectivity index (χ2n) is 5.93. The van der Waals surface area contributed by atoms with Crippen molar-refractivity contribution in [3.63, 3.8) is 0 Å². The fourth-order valence-corrected chi connectivity index (χ4v) is 2.29. The zero-order valence-corrected chi connectivity index (χ0v) is 15.5. The number of esters is 1. The van der Waals surface area contributed by atoms with Crippen molar-refractivity contribution in [1.29, 1.82) is 0 Å². The van der Waals surface area contributed by atoms with Crippen LogP contribution >= 0.6 is 0 Å². The Kier molecular flexibility index (Phi) is 7.09. The lowest BCUT2D eigenvalue weighted by Gasteiger charge is -2.18. The fourth-order valence-electron chi connectivity index (χ4n) is 2.29. The molecule has 1 unspecified atom stereocenters. The minimum absolute atomic E-state index is 0.0892. The maximum absolute atomic E-state index is 12.5. The molecule has 13 heteroatoms. The molecule has 2 rings (SSSR count). The van der Waals surface area contributed by atoms with Crippen LogP contribution in [0.1, 0.15) is 6.92 Å². The average molecular weight is 416 g/mol. The van der Waals surface area contributed by atoms with Crippen molar-refractivity contribution in [3.8, 4) is 0 Å². The van der Waals surface area contributed by atoms with Crippen LogP contribution in [-0.4, -0.2) is 69.0 Å². The normalized spacial score (nSPS) is 13.2. The number of nitrogens with one attached hydrogen (secondary N) is 2. The predicted octanol–water partition coefficient (Wildman–Crippen LogP) is 0.397. The van der Waals surface area contributed by atoms with Gasteiger partial charge >= 0.3 is 18.1 Å². The summed E-state index contributed by atoms with van der Waals surface area (Å²) in [5.41, 5.74) is 1.29. The van der Waals surface area contributed by atoms with Crippen molar-refractivity contribution >= 4 is 28.9 Å². The summed E-state index contributed by atoms with van der Waals surface area (Å²) in [6, 6.07) is -1.60. The number of aliphatic hydroxyl groups is 1. The minimum atomic E-state index is -5.15. The zero-order chi connectivity index (χ0) is 21.6. The third-order valence-corrected chi connectivity index (χ3v) is 3.80. The molecule has 0 bridgehead atoms. The van der Waals surface area contributed by atoms with E-state index in [1.54, 1.807) is 18.3 Å². The molecule has 0 saturated heterocycles. The van der Waals surface area contributed by atoms with Gasteiger partial charge in [-0.25, -0.2) is 19.7 Å². The van der Waals surface area contributed by atoms with Crippen molar-refractivity contribution < 1.29 is 32.6 Å². The van der Waals surface area contributed by atoms with E-state index in [0.717, 1.165) is 12.7 Å². The summed E-state index contributed by atoms with van der Waals surface area (Å²) in [6.45, 7) is 1.62. The Morgan fingerprint density at radius 1 is 1.34 bits per heavy atom. The zero-order valence-electron chi connectivity index (χ0n) is 15.5. The smallest absolute Gasteiger partial charge is 0.467 e. The molecule has 0 aromatic carbocycles. The van der Waals surface area contributed by atoms with Gasteiger partial charge < -0.3 is 25.0 Å². The number of fused-ring (bicyclic) bond motifs is 1. The molecule has 3 N–H and O–H groups in total. The maximum atomic E-state index is 12.5. The van der Waals surface area contributed by atoms with E-state index < -0.39 is 24.1 Å². The SMILES string of the molecule is COC(=O)C(Cn1cnc2c(NC/C=C(\C)CO)ncnc21)NC(=O)C(F)(F)F. The Balaban J connectivity index is 2.24. The van der Waals surface area contributed by atoms with E-state index in [2.05, 4.69) is 25.0 Å². The monoisotopic (exact) mass is 416 g/mol. The van der Waals surface area contributed by atoms with E-state index in [0.29, 0.717) is 17.9 Å². The molecule has 29 heavy (non-hydrogen) atoms. The molecular formula is C16H19F3N6O4. The highest BCUT2D eigenvalue weighted by molar-refractivity contribution is 5.88. The number of rotatable bonds is 8. The highest BCUT2D eigenvalue weighted by Crippen LogP contribution is 2.19. The summed E-state index contributed by atoms with van der Waals surface area (Å²) < 4.78 is 43.4. The molecule has 2 aromatic heterocycles. The number of ether oxygens (including phenoxy) is 1. The van der Waals surface area contributed by atoms with Crippen LogP contribution in [0.4, 0.5) is 19.0 Å². The number of alkyl halides is 3. The molecule has 0 aliphatic heterocycles. The molecule has 0 fully saturated rings. The summed E-state index contributed by atoms with van der Waals surface area (Å²) in [7, 11) is 0.993. The van der Waals surface area contributed by atoms with E-state index in [4.69, 9.17) is 5.11 Å². The highest BCUT2D eigenvalue weighted by atomic mass is 19.4. The van der Waals surface area contributed by atoms with E-state index in [1.165, 1.54) is 17.2 Å². The largest absolute Gasteiger partial charge is 0.471 e.